The van der Waals surface area contributed by atoms with Crippen LogP contribution in [-0.4, -0.2) is 17.3 Å². The highest BCUT2D eigenvalue weighted by molar-refractivity contribution is 6.12. The number of hydrogen-bond donors (Lipinski definition) is 2. The van der Waals surface area contributed by atoms with E-state index in [-0.39, 0.29) is 5.78 Å². The molecule has 2 heterocycles. The number of anilines is 2. The van der Waals surface area contributed by atoms with E-state index in [1.807, 2.05) is 18.2 Å². The lowest BCUT2D eigenvalue weighted by Crippen LogP contribution is -2.06. The molecule has 0 radical (unpaired) electrons. The molecule has 1 aliphatic rings. The monoisotopic (exact) mass is 239 g/mol. The SMILES string of the molecule is Nc1ccncc1C(=O)c1ccc2c(c1)CCN2. The predicted octanol–water partition coefficient (Wildman–Crippen LogP) is 1.86. The minimum absolute atomic E-state index is 0.0738. The van der Waals surface area contributed by atoms with Gasteiger partial charge in [-0.15, -0.1) is 0 Å². The standard InChI is InChI=1S/C14H13N3O/c15-12-4-5-16-8-11(12)14(18)10-1-2-13-9(7-10)3-6-17-13/h1-2,4-5,7-8,17H,3,6H2,(H2,15,16). The molecule has 4 nitrogen and oxygen atoms in total. The van der Waals surface area contributed by atoms with E-state index in [0.29, 0.717) is 16.8 Å². The summed E-state index contributed by atoms with van der Waals surface area (Å²) in [5.74, 6) is -0.0738. The van der Waals surface area contributed by atoms with Crippen molar-refractivity contribution in [1.82, 2.24) is 4.98 Å². The van der Waals surface area contributed by atoms with Crippen molar-refractivity contribution < 1.29 is 4.79 Å². The van der Waals surface area contributed by atoms with E-state index in [0.717, 1.165) is 18.7 Å². The first-order chi connectivity index (χ1) is 8.75. The van der Waals surface area contributed by atoms with Crippen LogP contribution in [0.15, 0.2) is 36.7 Å². The molecule has 3 rings (SSSR count). The number of carbonyl (C=O) groups excluding carboxylic acids is 1. The first-order valence-electron chi connectivity index (χ1n) is 5.87. The van der Waals surface area contributed by atoms with Crippen LogP contribution in [0.5, 0.6) is 0 Å². The van der Waals surface area contributed by atoms with Crippen molar-refractivity contribution in [1.29, 1.82) is 0 Å². The second-order valence-corrected chi connectivity index (χ2v) is 4.34. The summed E-state index contributed by atoms with van der Waals surface area (Å²) in [5.41, 5.74) is 9.69. The van der Waals surface area contributed by atoms with Crippen molar-refractivity contribution in [3.05, 3.63) is 53.3 Å². The zero-order valence-electron chi connectivity index (χ0n) is 9.81. The number of ketones is 1. The molecule has 2 aromatic rings. The van der Waals surface area contributed by atoms with Crippen LogP contribution in [0.2, 0.25) is 0 Å². The quantitative estimate of drug-likeness (QED) is 0.785. The number of nitrogens with zero attached hydrogens (tertiary/aromatic N) is 1. The van der Waals surface area contributed by atoms with Crippen LogP contribution in [0.3, 0.4) is 0 Å². The number of aromatic nitrogens is 1. The van der Waals surface area contributed by atoms with Gasteiger partial charge in [-0.3, -0.25) is 9.78 Å². The Morgan fingerprint density at radius 1 is 1.33 bits per heavy atom. The number of nitrogens with one attached hydrogen (secondary N) is 1. The Kier molecular flexibility index (Phi) is 2.48. The zero-order chi connectivity index (χ0) is 12.5. The van der Waals surface area contributed by atoms with Gasteiger partial charge in [0.2, 0.25) is 0 Å². The molecule has 3 N–H and O–H groups in total. The van der Waals surface area contributed by atoms with E-state index in [2.05, 4.69) is 10.3 Å². The van der Waals surface area contributed by atoms with Crippen molar-refractivity contribution in [3.8, 4) is 0 Å². The Balaban J connectivity index is 2.01. The molecule has 1 aromatic carbocycles. The third kappa shape index (κ3) is 1.72. The van der Waals surface area contributed by atoms with Gasteiger partial charge in [0.05, 0.1) is 5.56 Å². The molecular formula is C14H13N3O. The summed E-state index contributed by atoms with van der Waals surface area (Å²) in [4.78, 5) is 16.3. The van der Waals surface area contributed by atoms with Crippen molar-refractivity contribution in [2.45, 2.75) is 6.42 Å². The van der Waals surface area contributed by atoms with E-state index < -0.39 is 0 Å². The Morgan fingerprint density at radius 2 is 2.22 bits per heavy atom. The van der Waals surface area contributed by atoms with Crippen LogP contribution >= 0.6 is 0 Å². The van der Waals surface area contributed by atoms with Gasteiger partial charge in [0.25, 0.3) is 0 Å². The Bertz CT molecular complexity index is 622. The van der Waals surface area contributed by atoms with Gasteiger partial charge >= 0.3 is 0 Å². The third-order valence-electron chi connectivity index (χ3n) is 3.18. The summed E-state index contributed by atoms with van der Waals surface area (Å²) in [6.07, 6.45) is 4.06. The molecule has 90 valence electrons. The molecular weight excluding hydrogens is 226 g/mol. The minimum atomic E-state index is -0.0738. The van der Waals surface area contributed by atoms with Crippen LogP contribution in [0, 0.1) is 0 Å². The summed E-state index contributed by atoms with van der Waals surface area (Å²) in [6.45, 7) is 0.933. The Labute approximate surface area is 105 Å². The lowest BCUT2D eigenvalue weighted by Gasteiger charge is -2.06. The molecule has 0 fully saturated rings. The number of pyridine rings is 1. The lowest BCUT2D eigenvalue weighted by atomic mass is 10.0. The van der Waals surface area contributed by atoms with Crippen LogP contribution in [0.25, 0.3) is 0 Å². The van der Waals surface area contributed by atoms with Gasteiger partial charge in [0.1, 0.15) is 0 Å². The number of fused-ring (bicyclic) bond motifs is 1. The van der Waals surface area contributed by atoms with Crippen molar-refractivity contribution in [2.75, 3.05) is 17.6 Å². The van der Waals surface area contributed by atoms with Crippen molar-refractivity contribution in [3.63, 3.8) is 0 Å². The maximum Gasteiger partial charge on any atom is 0.196 e. The molecule has 0 saturated heterocycles. The highest BCUT2D eigenvalue weighted by atomic mass is 16.1. The summed E-state index contributed by atoms with van der Waals surface area (Å²) in [6, 6.07) is 7.35. The molecule has 0 atom stereocenters. The van der Waals surface area contributed by atoms with Crippen LogP contribution in [-0.2, 0) is 6.42 Å². The molecule has 4 heteroatoms. The van der Waals surface area contributed by atoms with Gasteiger partial charge in [-0.2, -0.15) is 0 Å². The fourth-order valence-electron chi connectivity index (χ4n) is 2.20. The predicted molar refractivity (Wildman–Crippen MR) is 70.7 cm³/mol. The number of nitrogens with two attached hydrogens (primary N) is 1. The number of benzene rings is 1. The van der Waals surface area contributed by atoms with Crippen LogP contribution < -0.4 is 11.1 Å². The largest absolute Gasteiger partial charge is 0.398 e. The molecule has 0 unspecified atom stereocenters. The molecule has 18 heavy (non-hydrogen) atoms. The molecule has 0 bridgehead atoms. The summed E-state index contributed by atoms with van der Waals surface area (Å²) in [5, 5.41) is 3.27. The van der Waals surface area contributed by atoms with Gasteiger partial charge in [-0.1, -0.05) is 0 Å². The molecule has 0 spiro atoms. The fourth-order valence-corrected chi connectivity index (χ4v) is 2.20. The highest BCUT2D eigenvalue weighted by Gasteiger charge is 2.16. The number of rotatable bonds is 2. The zero-order valence-corrected chi connectivity index (χ0v) is 9.81. The van der Waals surface area contributed by atoms with E-state index in [9.17, 15) is 4.79 Å². The fraction of sp³-hybridized carbons (Fsp3) is 0.143. The van der Waals surface area contributed by atoms with Crippen LogP contribution in [0.1, 0.15) is 21.5 Å². The maximum absolute atomic E-state index is 12.3. The second kappa shape index (κ2) is 4.14. The normalized spacial score (nSPS) is 12.9. The van der Waals surface area contributed by atoms with E-state index in [4.69, 9.17) is 5.73 Å². The molecule has 0 amide bonds. The first-order valence-corrected chi connectivity index (χ1v) is 5.87. The smallest absolute Gasteiger partial charge is 0.196 e. The van der Waals surface area contributed by atoms with E-state index in [1.165, 1.54) is 11.8 Å². The summed E-state index contributed by atoms with van der Waals surface area (Å²) < 4.78 is 0. The lowest BCUT2D eigenvalue weighted by molar-refractivity contribution is 0.103. The second-order valence-electron chi connectivity index (χ2n) is 4.34. The molecule has 1 aromatic heterocycles. The van der Waals surface area contributed by atoms with E-state index in [1.54, 1.807) is 12.3 Å². The number of carbonyl (C=O) groups is 1. The van der Waals surface area contributed by atoms with Gasteiger partial charge in [0, 0.05) is 35.9 Å². The maximum atomic E-state index is 12.3. The van der Waals surface area contributed by atoms with Crippen LogP contribution in [0.4, 0.5) is 11.4 Å². The van der Waals surface area contributed by atoms with Gasteiger partial charge in [-0.25, -0.2) is 0 Å². The average Bonchev–Trinajstić information content (AvgIpc) is 2.85. The molecule has 1 aliphatic heterocycles. The topological polar surface area (TPSA) is 68.0 Å². The average molecular weight is 239 g/mol. The van der Waals surface area contributed by atoms with Gasteiger partial charge in [-0.05, 0) is 36.2 Å². The number of hydrogen-bond acceptors (Lipinski definition) is 4. The minimum Gasteiger partial charge on any atom is -0.398 e. The van der Waals surface area contributed by atoms with E-state index >= 15 is 0 Å². The van der Waals surface area contributed by atoms with Gasteiger partial charge in [0.15, 0.2) is 5.78 Å². The summed E-state index contributed by atoms with van der Waals surface area (Å²) >= 11 is 0. The highest BCUT2D eigenvalue weighted by Crippen LogP contribution is 2.25. The molecule has 0 aliphatic carbocycles. The first kappa shape index (κ1) is 10.8. The Hall–Kier alpha value is -2.36. The van der Waals surface area contributed by atoms with Gasteiger partial charge < -0.3 is 11.1 Å². The third-order valence-corrected chi connectivity index (χ3v) is 3.18. The summed E-state index contributed by atoms with van der Waals surface area (Å²) in [7, 11) is 0. The van der Waals surface area contributed by atoms with Crippen molar-refractivity contribution >= 4 is 17.2 Å². The van der Waals surface area contributed by atoms with Crippen molar-refractivity contribution in [2.24, 2.45) is 0 Å². The molecule has 0 saturated carbocycles. The number of nitrogen functional groups attached to an aromatic ring is 1. The Morgan fingerprint density at radius 3 is 3.06 bits per heavy atom.